The first kappa shape index (κ1) is 12.3. The lowest BCUT2D eigenvalue weighted by Crippen LogP contribution is -2.55. The number of morpholine rings is 1. The molecule has 2 aliphatic heterocycles. The molecular weight excluding hydrogens is 202 g/mol. The standard InChI is InChI=1S/C12H25N3O/c1-10(2)14-6-7-16-12(8-14)4-5-15(9-12)11(3)13/h10-11H,4-9,13H2,1-3H3/t11-,12?/m0/s1. The largest absolute Gasteiger partial charge is 0.371 e. The number of nitrogens with two attached hydrogens (primary N) is 1. The van der Waals surface area contributed by atoms with Crippen LogP contribution in [-0.2, 0) is 4.74 Å². The van der Waals surface area contributed by atoms with Crippen molar-refractivity contribution in [3.05, 3.63) is 0 Å². The van der Waals surface area contributed by atoms with E-state index in [9.17, 15) is 0 Å². The second-order valence-electron chi connectivity index (χ2n) is 5.56. The number of nitrogens with zero attached hydrogens (tertiary/aromatic N) is 2. The molecule has 4 heteroatoms. The van der Waals surface area contributed by atoms with E-state index in [1.165, 1.54) is 0 Å². The van der Waals surface area contributed by atoms with Gasteiger partial charge in [0.2, 0.25) is 0 Å². The Morgan fingerprint density at radius 2 is 1.81 bits per heavy atom. The van der Waals surface area contributed by atoms with Crippen LogP contribution in [0.3, 0.4) is 0 Å². The molecule has 2 saturated heterocycles. The van der Waals surface area contributed by atoms with Crippen molar-refractivity contribution in [2.45, 2.75) is 45.0 Å². The van der Waals surface area contributed by atoms with Crippen molar-refractivity contribution in [1.29, 1.82) is 0 Å². The molecule has 0 aromatic rings. The molecule has 2 heterocycles. The maximum atomic E-state index is 6.05. The summed E-state index contributed by atoms with van der Waals surface area (Å²) in [6.45, 7) is 11.6. The molecule has 0 bridgehead atoms. The number of hydrogen-bond acceptors (Lipinski definition) is 4. The minimum atomic E-state index is 0.0517. The molecule has 0 amide bonds. The highest BCUT2D eigenvalue weighted by Crippen LogP contribution is 2.30. The maximum Gasteiger partial charge on any atom is 0.0948 e. The van der Waals surface area contributed by atoms with Crippen LogP contribution in [0.15, 0.2) is 0 Å². The third-order valence-electron chi connectivity index (χ3n) is 3.93. The smallest absolute Gasteiger partial charge is 0.0948 e. The van der Waals surface area contributed by atoms with Crippen LogP contribution < -0.4 is 5.73 Å². The van der Waals surface area contributed by atoms with Crippen molar-refractivity contribution in [2.75, 3.05) is 32.8 Å². The average Bonchev–Trinajstić information content (AvgIpc) is 2.62. The fourth-order valence-electron chi connectivity index (χ4n) is 2.79. The monoisotopic (exact) mass is 227 g/mol. The second-order valence-corrected chi connectivity index (χ2v) is 5.56. The Bertz CT molecular complexity index is 244. The molecule has 0 aromatic carbocycles. The third-order valence-corrected chi connectivity index (χ3v) is 3.93. The maximum absolute atomic E-state index is 6.05. The van der Waals surface area contributed by atoms with Crippen LogP contribution in [0.2, 0.25) is 0 Å². The first-order valence-electron chi connectivity index (χ1n) is 6.40. The van der Waals surface area contributed by atoms with Crippen LogP contribution in [0, 0.1) is 0 Å². The zero-order chi connectivity index (χ0) is 11.8. The third kappa shape index (κ3) is 2.40. The van der Waals surface area contributed by atoms with Gasteiger partial charge in [-0.05, 0) is 27.2 Å². The second kappa shape index (κ2) is 4.61. The summed E-state index contributed by atoms with van der Waals surface area (Å²) < 4.78 is 6.05. The quantitative estimate of drug-likeness (QED) is 0.745. The van der Waals surface area contributed by atoms with Gasteiger partial charge in [-0.1, -0.05) is 0 Å². The highest BCUT2D eigenvalue weighted by atomic mass is 16.5. The summed E-state index contributed by atoms with van der Waals surface area (Å²) in [6, 6.07) is 0.616. The zero-order valence-corrected chi connectivity index (χ0v) is 10.8. The Balaban J connectivity index is 1.98. The van der Waals surface area contributed by atoms with Crippen LogP contribution in [0.1, 0.15) is 27.2 Å². The van der Waals surface area contributed by atoms with E-state index in [-0.39, 0.29) is 11.8 Å². The lowest BCUT2D eigenvalue weighted by molar-refractivity contribution is -0.109. The SMILES string of the molecule is CC(C)N1CCOC2(CCN([C@@H](C)N)C2)C1. The summed E-state index contributed by atoms with van der Waals surface area (Å²) in [4.78, 5) is 4.85. The van der Waals surface area contributed by atoms with Gasteiger partial charge in [0.15, 0.2) is 0 Å². The summed E-state index contributed by atoms with van der Waals surface area (Å²) in [5, 5.41) is 0. The molecule has 4 nitrogen and oxygen atoms in total. The molecule has 94 valence electrons. The van der Waals surface area contributed by atoms with E-state index in [0.717, 1.165) is 39.2 Å². The van der Waals surface area contributed by atoms with Crippen LogP contribution in [0.25, 0.3) is 0 Å². The topological polar surface area (TPSA) is 41.7 Å². The Morgan fingerprint density at radius 1 is 1.12 bits per heavy atom. The molecule has 16 heavy (non-hydrogen) atoms. The van der Waals surface area contributed by atoms with E-state index in [0.29, 0.717) is 6.04 Å². The van der Waals surface area contributed by atoms with E-state index >= 15 is 0 Å². The Labute approximate surface area is 98.7 Å². The highest BCUT2D eigenvalue weighted by Gasteiger charge is 2.43. The summed E-state index contributed by atoms with van der Waals surface area (Å²) >= 11 is 0. The van der Waals surface area contributed by atoms with Gasteiger partial charge in [-0.25, -0.2) is 0 Å². The number of ether oxygens (including phenoxy) is 1. The van der Waals surface area contributed by atoms with Gasteiger partial charge in [0.25, 0.3) is 0 Å². The lowest BCUT2D eigenvalue weighted by atomic mass is 10.00. The van der Waals surface area contributed by atoms with Gasteiger partial charge < -0.3 is 10.5 Å². The number of rotatable bonds is 2. The van der Waals surface area contributed by atoms with Gasteiger partial charge in [-0.3, -0.25) is 9.80 Å². The molecular formula is C12H25N3O. The first-order valence-corrected chi connectivity index (χ1v) is 6.40. The molecule has 1 spiro atoms. The van der Waals surface area contributed by atoms with Crippen molar-refractivity contribution in [2.24, 2.45) is 5.73 Å². The van der Waals surface area contributed by atoms with Gasteiger partial charge in [0.1, 0.15) is 0 Å². The van der Waals surface area contributed by atoms with Gasteiger partial charge in [-0.2, -0.15) is 0 Å². The lowest BCUT2D eigenvalue weighted by Gasteiger charge is -2.42. The zero-order valence-electron chi connectivity index (χ0n) is 10.8. The Morgan fingerprint density at radius 3 is 2.38 bits per heavy atom. The van der Waals surface area contributed by atoms with Crippen molar-refractivity contribution in [3.63, 3.8) is 0 Å². The fraction of sp³-hybridized carbons (Fsp3) is 1.00. The predicted molar refractivity (Wildman–Crippen MR) is 65.2 cm³/mol. The molecule has 0 aliphatic carbocycles. The molecule has 2 atom stereocenters. The van der Waals surface area contributed by atoms with E-state index in [4.69, 9.17) is 10.5 Å². The van der Waals surface area contributed by atoms with Crippen molar-refractivity contribution < 1.29 is 4.74 Å². The van der Waals surface area contributed by atoms with Crippen LogP contribution in [0.5, 0.6) is 0 Å². The van der Waals surface area contributed by atoms with E-state index < -0.39 is 0 Å². The summed E-state index contributed by atoms with van der Waals surface area (Å²) in [7, 11) is 0. The first-order chi connectivity index (χ1) is 7.52. The van der Waals surface area contributed by atoms with Gasteiger partial charge in [0.05, 0.1) is 18.4 Å². The summed E-state index contributed by atoms with van der Waals surface area (Å²) in [6.07, 6.45) is 1.27. The molecule has 0 radical (unpaired) electrons. The normalized spacial score (nSPS) is 35.1. The van der Waals surface area contributed by atoms with Crippen LogP contribution in [-0.4, -0.2) is 60.4 Å². The van der Waals surface area contributed by atoms with Gasteiger partial charge in [0, 0.05) is 32.2 Å². The molecule has 2 rings (SSSR count). The van der Waals surface area contributed by atoms with Gasteiger partial charge in [-0.15, -0.1) is 0 Å². The predicted octanol–water partition coefficient (Wildman–Crippen LogP) is 0.476. The molecule has 2 N–H and O–H groups in total. The summed E-state index contributed by atoms with van der Waals surface area (Å²) in [5.74, 6) is 0. The Kier molecular flexibility index (Phi) is 3.54. The van der Waals surface area contributed by atoms with Gasteiger partial charge >= 0.3 is 0 Å². The Hall–Kier alpha value is -0.160. The van der Waals surface area contributed by atoms with Crippen molar-refractivity contribution in [3.8, 4) is 0 Å². The minimum absolute atomic E-state index is 0.0517. The van der Waals surface area contributed by atoms with E-state index in [1.54, 1.807) is 0 Å². The molecule has 1 unspecified atom stereocenters. The molecule has 0 aromatic heterocycles. The fourth-order valence-corrected chi connectivity index (χ4v) is 2.79. The molecule has 2 aliphatic rings. The number of hydrogen-bond donors (Lipinski definition) is 1. The highest BCUT2D eigenvalue weighted by molar-refractivity contribution is 4.97. The van der Waals surface area contributed by atoms with Crippen LogP contribution >= 0.6 is 0 Å². The van der Waals surface area contributed by atoms with Crippen molar-refractivity contribution >= 4 is 0 Å². The average molecular weight is 227 g/mol. The molecule has 2 fully saturated rings. The summed E-state index contributed by atoms with van der Waals surface area (Å²) in [5.41, 5.74) is 5.99. The van der Waals surface area contributed by atoms with E-state index in [1.807, 2.05) is 0 Å². The van der Waals surface area contributed by atoms with Crippen LogP contribution in [0.4, 0.5) is 0 Å². The molecule has 0 saturated carbocycles. The number of likely N-dealkylation sites (tertiary alicyclic amines) is 1. The minimum Gasteiger partial charge on any atom is -0.371 e. The van der Waals surface area contributed by atoms with Crippen molar-refractivity contribution in [1.82, 2.24) is 9.80 Å². The van der Waals surface area contributed by atoms with E-state index in [2.05, 4.69) is 30.6 Å².